The van der Waals surface area contributed by atoms with E-state index >= 15 is 0 Å². The van der Waals surface area contributed by atoms with Gasteiger partial charge in [0.1, 0.15) is 0 Å². The molecule has 1 saturated heterocycles. The van der Waals surface area contributed by atoms with Crippen LogP contribution in [0.4, 0.5) is 0 Å². The van der Waals surface area contributed by atoms with Crippen LogP contribution in [0.2, 0.25) is 9.36 Å². The molecule has 200 valence electrons. The average molecular weight is 687 g/mol. The van der Waals surface area contributed by atoms with Crippen LogP contribution in [0.25, 0.3) is 34.4 Å². The molecule has 0 bridgehead atoms. The van der Waals surface area contributed by atoms with Gasteiger partial charge in [0.05, 0.1) is 0 Å². The Morgan fingerprint density at radius 2 is 0.975 bits per heavy atom. The number of fused-ring (bicyclic) bond motifs is 6. The Morgan fingerprint density at radius 3 is 1.38 bits per heavy atom. The van der Waals surface area contributed by atoms with Gasteiger partial charge in [0.15, 0.2) is 0 Å². The van der Waals surface area contributed by atoms with Gasteiger partial charge in [0, 0.05) is 0 Å². The summed E-state index contributed by atoms with van der Waals surface area (Å²) in [6, 6.07) is 36.5. The predicted octanol–water partition coefficient (Wildman–Crippen LogP) is 11.4. The van der Waals surface area contributed by atoms with Gasteiger partial charge in [-0.2, -0.15) is 0 Å². The molecule has 0 amide bonds. The molecule has 0 radical (unpaired) electrons. The van der Waals surface area contributed by atoms with Gasteiger partial charge < -0.3 is 0 Å². The summed E-state index contributed by atoms with van der Waals surface area (Å²) < 4.78 is 6.83. The third-order valence-electron chi connectivity index (χ3n) is 10.2. The number of hydrogen-bond donors (Lipinski definition) is 0. The van der Waals surface area contributed by atoms with Gasteiger partial charge >= 0.3 is 246 Å². The van der Waals surface area contributed by atoms with Gasteiger partial charge in [0.25, 0.3) is 0 Å². The van der Waals surface area contributed by atoms with Crippen molar-refractivity contribution in [3.63, 3.8) is 0 Å². The monoisotopic (exact) mass is 688 g/mol. The molecule has 7 rings (SSSR count). The maximum absolute atomic E-state index is 3.05. The molecule has 1 heteroatoms. The number of hydrogen-bond acceptors (Lipinski definition) is 0. The van der Waals surface area contributed by atoms with Crippen LogP contribution in [0.1, 0.15) is 69.1 Å². The summed E-state index contributed by atoms with van der Waals surface area (Å²) in [6.45, 7) is 4.81. The van der Waals surface area contributed by atoms with Crippen LogP contribution in [0.3, 0.4) is 0 Å². The zero-order valence-electron chi connectivity index (χ0n) is 24.4. The normalized spacial score (nSPS) is 21.1. The van der Waals surface area contributed by atoms with E-state index in [4.69, 9.17) is 0 Å². The Labute approximate surface area is 245 Å². The molecule has 4 aromatic rings. The van der Waals surface area contributed by atoms with Crippen LogP contribution in [0.15, 0.2) is 108 Å². The first-order valence-electron chi connectivity index (χ1n) is 15.3. The first-order valence-corrected chi connectivity index (χ1v) is 26.7. The van der Waals surface area contributed by atoms with Crippen molar-refractivity contribution >= 4 is 12.2 Å². The van der Waals surface area contributed by atoms with E-state index in [-0.39, 0.29) is 5.41 Å². The quantitative estimate of drug-likeness (QED) is 0.177. The maximum atomic E-state index is 2.78. The molecule has 0 spiro atoms. The Morgan fingerprint density at radius 1 is 0.550 bits per heavy atom. The van der Waals surface area contributed by atoms with Crippen molar-refractivity contribution in [3.05, 3.63) is 130 Å². The zero-order valence-corrected chi connectivity index (χ0v) is 28.0. The first-order chi connectivity index (χ1) is 19.5. The molecular weight excluding hydrogens is 647 g/mol. The molecule has 0 saturated carbocycles. The first kappa shape index (κ1) is 26.1. The van der Waals surface area contributed by atoms with Crippen LogP contribution >= 0.6 is 0 Å². The fourth-order valence-corrected chi connectivity index (χ4v) is 26.0. The fourth-order valence-electron chi connectivity index (χ4n) is 8.86. The molecule has 1 aliphatic heterocycles. The molecule has 1 fully saturated rings. The van der Waals surface area contributed by atoms with E-state index in [1.54, 1.807) is 22.3 Å². The number of allylic oxidation sites excluding steroid dienone is 2. The minimum atomic E-state index is -3.05. The molecule has 0 aromatic heterocycles. The Balaban J connectivity index is 1.50. The summed E-state index contributed by atoms with van der Waals surface area (Å²) in [7, 11) is 0. The average Bonchev–Trinajstić information content (AvgIpc) is 3.59. The molecule has 0 nitrogen and oxygen atoms in total. The van der Waals surface area contributed by atoms with E-state index in [0.29, 0.717) is 7.35 Å². The van der Waals surface area contributed by atoms with Gasteiger partial charge in [-0.05, 0) is 0 Å². The molecule has 1 heterocycles. The van der Waals surface area contributed by atoms with E-state index in [2.05, 4.69) is 132 Å². The number of rotatable bonds is 6. The van der Waals surface area contributed by atoms with Crippen LogP contribution < -0.4 is 0 Å². The van der Waals surface area contributed by atoms with Crippen molar-refractivity contribution in [2.75, 3.05) is 0 Å². The molecule has 4 aromatic carbocycles. The van der Waals surface area contributed by atoms with Crippen LogP contribution in [-0.2, 0) is 20.0 Å². The van der Waals surface area contributed by atoms with Gasteiger partial charge in [0.2, 0.25) is 0 Å². The van der Waals surface area contributed by atoms with Gasteiger partial charge in [-0.1, -0.05) is 0 Å². The Hall–Kier alpha value is -2.77. The van der Waals surface area contributed by atoms with E-state index in [1.165, 1.54) is 59.1 Å². The number of benzene rings is 4. The summed E-state index contributed by atoms with van der Waals surface area (Å²) in [5.41, 5.74) is 15.5. The second-order valence-electron chi connectivity index (χ2n) is 12.8. The van der Waals surface area contributed by atoms with Crippen molar-refractivity contribution < 1.29 is 20.0 Å². The van der Waals surface area contributed by atoms with Crippen molar-refractivity contribution in [1.82, 2.24) is 0 Å². The summed E-state index contributed by atoms with van der Waals surface area (Å²) in [6.07, 6.45) is 10.3. The van der Waals surface area contributed by atoms with Gasteiger partial charge in [-0.3, -0.25) is 0 Å². The topological polar surface area (TPSA) is 0 Å². The molecule has 40 heavy (non-hydrogen) atoms. The third-order valence-corrected chi connectivity index (χ3v) is 25.4. The van der Waals surface area contributed by atoms with Gasteiger partial charge in [-0.15, -0.1) is 0 Å². The Bertz CT molecular complexity index is 1510. The van der Waals surface area contributed by atoms with Crippen molar-refractivity contribution in [2.45, 2.75) is 56.2 Å². The van der Waals surface area contributed by atoms with Crippen LogP contribution in [0, 0.1) is 5.41 Å². The van der Waals surface area contributed by atoms with Crippen molar-refractivity contribution in [1.29, 1.82) is 0 Å². The standard InChI is InChI=1S/C37H34.2CH3.Hf/c1-3-21-37(22-4-2,31-23-29-17-11-19-33(35(29)25-31)27-13-7-5-8-14-27)32-24-30-18-12-20-34(36(30)26-32)28-15-9-6-10-16-28;;;/h5-20,23-26H,3-4,21-22H2,1-2H3;2*1H3;. The summed E-state index contributed by atoms with van der Waals surface area (Å²) in [5.74, 6) is 0. The fraction of sp³-hybridized carbons (Fsp3) is 0.282. The van der Waals surface area contributed by atoms with Crippen LogP contribution in [-0.4, -0.2) is 0 Å². The summed E-state index contributed by atoms with van der Waals surface area (Å²) in [5, 5.41) is 0. The summed E-state index contributed by atoms with van der Waals surface area (Å²) in [4.78, 5) is 0. The zero-order chi connectivity index (χ0) is 27.5. The molecule has 2 atom stereocenters. The van der Waals surface area contributed by atoms with Crippen molar-refractivity contribution in [2.24, 2.45) is 5.41 Å². The molecule has 2 aliphatic carbocycles. The second kappa shape index (κ2) is 9.95. The van der Waals surface area contributed by atoms with E-state index in [1.807, 2.05) is 0 Å². The summed E-state index contributed by atoms with van der Waals surface area (Å²) >= 11 is -3.05. The van der Waals surface area contributed by atoms with Crippen LogP contribution in [0.5, 0.6) is 0 Å². The SMILES string of the molecule is CCCC1(CCC)C2=Cc3c(-c4ccccc4)cccc3[CH]2[Hf]([CH3])([CH3])[CH]2C1=Cc1c(-c3ccccc3)cccc12. The van der Waals surface area contributed by atoms with E-state index < -0.39 is 20.0 Å². The van der Waals surface area contributed by atoms with Gasteiger partial charge in [-0.25, -0.2) is 0 Å². The van der Waals surface area contributed by atoms with Crippen molar-refractivity contribution in [3.8, 4) is 22.3 Å². The second-order valence-corrected chi connectivity index (χ2v) is 30.1. The molecule has 3 aliphatic rings. The van der Waals surface area contributed by atoms with E-state index in [9.17, 15) is 0 Å². The molecular formula is C39H40Hf. The predicted molar refractivity (Wildman–Crippen MR) is 169 cm³/mol. The Kier molecular flexibility index (Phi) is 6.50. The minimum absolute atomic E-state index is 0.147. The molecule has 0 N–H and O–H groups in total. The third kappa shape index (κ3) is 3.73. The molecule has 2 unspecified atom stereocenters. The van der Waals surface area contributed by atoms with E-state index in [0.717, 1.165) is 0 Å².